The fourth-order valence-electron chi connectivity index (χ4n) is 3.43. The molecule has 1 aliphatic rings. The first-order valence-corrected chi connectivity index (χ1v) is 10.7. The molecular formula is C20H30F7NO3. The van der Waals surface area contributed by atoms with Gasteiger partial charge in [0.25, 0.3) is 0 Å². The average Bonchev–Trinajstić information content (AvgIpc) is 3.17. The van der Waals surface area contributed by atoms with Gasteiger partial charge in [-0.2, -0.15) is 30.7 Å². The summed E-state index contributed by atoms with van der Waals surface area (Å²) in [4.78, 5) is 24.0. The van der Waals surface area contributed by atoms with Gasteiger partial charge < -0.3 is 9.64 Å². The van der Waals surface area contributed by atoms with E-state index in [1.54, 1.807) is 0 Å². The number of carbonyl (C=O) groups excluding carboxylic acids is 2. The van der Waals surface area contributed by atoms with E-state index in [0.717, 1.165) is 38.5 Å². The molecule has 1 fully saturated rings. The topological polar surface area (TPSA) is 46.6 Å². The van der Waals surface area contributed by atoms with Crippen molar-refractivity contribution in [3.8, 4) is 0 Å². The highest BCUT2D eigenvalue weighted by Gasteiger charge is 2.77. The Labute approximate surface area is 177 Å². The van der Waals surface area contributed by atoms with Gasteiger partial charge in [0.05, 0.1) is 6.61 Å². The van der Waals surface area contributed by atoms with Crippen LogP contribution in [0.15, 0.2) is 0 Å². The van der Waals surface area contributed by atoms with Crippen molar-refractivity contribution in [2.24, 2.45) is 0 Å². The Bertz CT molecular complexity index is 582. The predicted octanol–water partition coefficient (Wildman–Crippen LogP) is 5.88. The molecule has 0 aromatic carbocycles. The summed E-state index contributed by atoms with van der Waals surface area (Å²) in [6, 6.07) is -1.60. The first kappa shape index (κ1) is 27.5. The summed E-state index contributed by atoms with van der Waals surface area (Å²) in [5.41, 5.74) is 0. The van der Waals surface area contributed by atoms with E-state index in [1.165, 1.54) is 12.8 Å². The van der Waals surface area contributed by atoms with E-state index in [2.05, 4.69) is 6.92 Å². The van der Waals surface area contributed by atoms with Crippen molar-refractivity contribution in [1.29, 1.82) is 0 Å². The Hall–Kier alpha value is -1.55. The lowest BCUT2D eigenvalue weighted by atomic mass is 10.1. The van der Waals surface area contributed by atoms with Gasteiger partial charge >= 0.3 is 29.9 Å². The summed E-state index contributed by atoms with van der Waals surface area (Å²) in [5.74, 6) is -16.4. The molecule has 4 nitrogen and oxygen atoms in total. The summed E-state index contributed by atoms with van der Waals surface area (Å²) in [5, 5.41) is 0. The zero-order chi connectivity index (χ0) is 23.7. The first-order valence-electron chi connectivity index (χ1n) is 10.7. The van der Waals surface area contributed by atoms with Crippen molar-refractivity contribution in [3.63, 3.8) is 0 Å². The van der Waals surface area contributed by atoms with Gasteiger partial charge in [0.15, 0.2) is 0 Å². The van der Waals surface area contributed by atoms with Crippen LogP contribution in [0.25, 0.3) is 0 Å². The Balaban J connectivity index is 2.47. The normalized spacial score (nSPS) is 17.8. The van der Waals surface area contributed by atoms with E-state index >= 15 is 0 Å². The molecule has 182 valence electrons. The third-order valence-electron chi connectivity index (χ3n) is 5.30. The van der Waals surface area contributed by atoms with Gasteiger partial charge in [0.1, 0.15) is 6.04 Å². The number of amides is 1. The number of unbranched alkanes of at least 4 members (excludes halogenated alkanes) is 8. The largest absolute Gasteiger partial charge is 0.464 e. The molecule has 0 saturated carbocycles. The lowest BCUT2D eigenvalue weighted by Gasteiger charge is -2.32. The number of ether oxygens (including phenoxy) is 1. The molecule has 31 heavy (non-hydrogen) atoms. The second-order valence-electron chi connectivity index (χ2n) is 7.80. The lowest BCUT2D eigenvalue weighted by Crippen LogP contribution is -2.61. The molecule has 1 saturated heterocycles. The first-order chi connectivity index (χ1) is 14.4. The van der Waals surface area contributed by atoms with E-state index in [9.17, 15) is 40.3 Å². The number of alkyl halides is 7. The van der Waals surface area contributed by atoms with Gasteiger partial charge in [0.2, 0.25) is 0 Å². The minimum atomic E-state index is -6.61. The molecule has 0 aliphatic carbocycles. The molecule has 0 radical (unpaired) electrons. The monoisotopic (exact) mass is 465 g/mol. The summed E-state index contributed by atoms with van der Waals surface area (Å²) in [6.45, 7) is 1.56. The SMILES string of the molecule is CCCCCCCCCCCOC(=O)C1CCCN1C(=O)C(F)(F)C(F)(F)C(F)(F)F. The number of likely N-dealkylation sites (tertiary alicyclic amines) is 1. The van der Waals surface area contributed by atoms with E-state index in [4.69, 9.17) is 4.74 Å². The quantitative estimate of drug-likeness (QED) is 0.194. The molecule has 0 N–H and O–H groups in total. The average molecular weight is 465 g/mol. The highest BCUT2D eigenvalue weighted by atomic mass is 19.4. The van der Waals surface area contributed by atoms with Crippen molar-refractivity contribution in [1.82, 2.24) is 4.90 Å². The van der Waals surface area contributed by atoms with Gasteiger partial charge in [-0.25, -0.2) is 4.79 Å². The number of halogens is 7. The molecular weight excluding hydrogens is 435 g/mol. The Morgan fingerprint density at radius 2 is 1.39 bits per heavy atom. The molecule has 1 heterocycles. The van der Waals surface area contributed by atoms with Crippen LogP contribution in [0.1, 0.15) is 77.6 Å². The molecule has 1 rings (SSSR count). The summed E-state index contributed by atoms with van der Waals surface area (Å²) < 4.78 is 95.5. The highest BCUT2D eigenvalue weighted by Crippen LogP contribution is 2.47. The van der Waals surface area contributed by atoms with Gasteiger partial charge in [-0.15, -0.1) is 0 Å². The van der Waals surface area contributed by atoms with E-state index in [1.807, 2.05) is 0 Å². The van der Waals surface area contributed by atoms with Crippen molar-refractivity contribution in [3.05, 3.63) is 0 Å². The summed E-state index contributed by atoms with van der Waals surface area (Å²) in [6.07, 6.45) is 2.31. The number of carbonyl (C=O) groups is 2. The second-order valence-corrected chi connectivity index (χ2v) is 7.80. The number of hydrogen-bond donors (Lipinski definition) is 0. The van der Waals surface area contributed by atoms with Crippen LogP contribution in [0.2, 0.25) is 0 Å². The minimum absolute atomic E-state index is 0.0111. The van der Waals surface area contributed by atoms with Crippen molar-refractivity contribution in [2.75, 3.05) is 13.2 Å². The van der Waals surface area contributed by atoms with Crippen LogP contribution in [0, 0.1) is 0 Å². The van der Waals surface area contributed by atoms with Gasteiger partial charge in [0, 0.05) is 6.54 Å². The summed E-state index contributed by atoms with van der Waals surface area (Å²) in [7, 11) is 0. The third-order valence-corrected chi connectivity index (χ3v) is 5.30. The van der Waals surface area contributed by atoms with E-state index < -0.39 is 42.5 Å². The van der Waals surface area contributed by atoms with Crippen LogP contribution in [-0.4, -0.2) is 54.0 Å². The fourth-order valence-corrected chi connectivity index (χ4v) is 3.43. The molecule has 0 spiro atoms. The molecule has 1 unspecified atom stereocenters. The zero-order valence-electron chi connectivity index (χ0n) is 17.6. The smallest absolute Gasteiger partial charge is 0.460 e. The Morgan fingerprint density at radius 3 is 1.90 bits per heavy atom. The van der Waals surface area contributed by atoms with Crippen molar-refractivity contribution < 1.29 is 45.1 Å². The summed E-state index contributed by atoms with van der Waals surface area (Å²) >= 11 is 0. The predicted molar refractivity (Wildman–Crippen MR) is 98.9 cm³/mol. The van der Waals surface area contributed by atoms with Gasteiger partial charge in [-0.1, -0.05) is 58.3 Å². The molecule has 1 amide bonds. The molecule has 11 heteroatoms. The molecule has 0 aromatic rings. The van der Waals surface area contributed by atoms with E-state index in [0.29, 0.717) is 6.42 Å². The zero-order valence-corrected chi connectivity index (χ0v) is 17.6. The van der Waals surface area contributed by atoms with Crippen LogP contribution in [-0.2, 0) is 14.3 Å². The van der Waals surface area contributed by atoms with Crippen LogP contribution in [0.4, 0.5) is 30.7 Å². The third kappa shape index (κ3) is 7.24. The maximum atomic E-state index is 13.7. The Kier molecular flexibility index (Phi) is 10.5. The number of nitrogens with zero attached hydrogens (tertiary/aromatic N) is 1. The highest BCUT2D eigenvalue weighted by molar-refractivity contribution is 5.90. The van der Waals surface area contributed by atoms with Crippen LogP contribution >= 0.6 is 0 Å². The number of rotatable bonds is 13. The maximum Gasteiger partial charge on any atom is 0.460 e. The maximum absolute atomic E-state index is 13.7. The standard InChI is InChI=1S/C20H30F7NO3/c1-2-3-4-5-6-7-8-9-10-14-31-16(29)15-12-11-13-28(15)17(30)18(21,22)19(23,24)20(25,26)27/h15H,2-14H2,1H3. The van der Waals surface area contributed by atoms with Gasteiger partial charge in [-0.05, 0) is 19.3 Å². The molecule has 1 aliphatic heterocycles. The van der Waals surface area contributed by atoms with E-state index in [-0.39, 0.29) is 24.3 Å². The van der Waals surface area contributed by atoms with Crippen molar-refractivity contribution >= 4 is 11.9 Å². The molecule has 0 aromatic heterocycles. The van der Waals surface area contributed by atoms with Crippen LogP contribution in [0.3, 0.4) is 0 Å². The van der Waals surface area contributed by atoms with Crippen LogP contribution < -0.4 is 0 Å². The molecule has 1 atom stereocenters. The Morgan fingerprint density at radius 1 is 0.871 bits per heavy atom. The second kappa shape index (κ2) is 11.9. The van der Waals surface area contributed by atoms with Gasteiger partial charge in [-0.3, -0.25) is 4.79 Å². The number of hydrogen-bond acceptors (Lipinski definition) is 3. The minimum Gasteiger partial charge on any atom is -0.464 e. The fraction of sp³-hybridized carbons (Fsp3) is 0.900. The van der Waals surface area contributed by atoms with Crippen LogP contribution in [0.5, 0.6) is 0 Å². The molecule has 0 bridgehead atoms. The van der Waals surface area contributed by atoms with Crippen molar-refractivity contribution in [2.45, 2.75) is 102 Å². The lowest BCUT2D eigenvalue weighted by molar-refractivity contribution is -0.346. The number of esters is 1.